The number of carbonyl (C=O) groups excluding carboxylic acids is 2. The predicted octanol–water partition coefficient (Wildman–Crippen LogP) is 3.76. The average Bonchev–Trinajstić information content (AvgIpc) is 2.69. The second-order valence-corrected chi connectivity index (χ2v) is 5.89. The third kappa shape index (κ3) is 5.74. The van der Waals surface area contributed by atoms with Crippen LogP contribution >= 0.6 is 0 Å². The number of carbonyl (C=O) groups is 2. The van der Waals surface area contributed by atoms with Crippen LogP contribution in [0.1, 0.15) is 31.1 Å². The molecule has 0 aliphatic rings. The lowest BCUT2D eigenvalue weighted by Gasteiger charge is -2.21. The maximum Gasteiger partial charge on any atom is 0.340 e. The zero-order valence-electron chi connectivity index (χ0n) is 16.1. The monoisotopic (exact) mass is 369 g/mol. The normalized spacial score (nSPS) is 10.2. The fourth-order valence-electron chi connectivity index (χ4n) is 2.75. The lowest BCUT2D eigenvalue weighted by Crippen LogP contribution is -2.23. The van der Waals surface area contributed by atoms with Crippen molar-refractivity contribution in [2.75, 3.05) is 41.8 Å². The van der Waals surface area contributed by atoms with Crippen molar-refractivity contribution in [3.05, 3.63) is 54.1 Å². The van der Waals surface area contributed by atoms with Crippen molar-refractivity contribution in [2.24, 2.45) is 0 Å². The second-order valence-electron chi connectivity index (χ2n) is 5.89. The van der Waals surface area contributed by atoms with Gasteiger partial charge in [-0.25, -0.2) is 4.79 Å². The number of nitrogens with zero attached hydrogens (tertiary/aromatic N) is 1. The van der Waals surface area contributed by atoms with Crippen LogP contribution in [-0.4, -0.2) is 38.1 Å². The minimum absolute atomic E-state index is 0.0498. The molecule has 6 nitrogen and oxygen atoms in total. The van der Waals surface area contributed by atoms with Crippen molar-refractivity contribution in [2.45, 2.75) is 20.8 Å². The van der Waals surface area contributed by atoms with Crippen LogP contribution in [0.3, 0.4) is 0 Å². The Morgan fingerprint density at radius 1 is 0.963 bits per heavy atom. The highest BCUT2D eigenvalue weighted by Crippen LogP contribution is 2.18. The third-order valence-electron chi connectivity index (χ3n) is 4.14. The van der Waals surface area contributed by atoms with Gasteiger partial charge < -0.3 is 20.3 Å². The zero-order chi connectivity index (χ0) is 19.6. The summed E-state index contributed by atoms with van der Waals surface area (Å²) in [4.78, 5) is 26.4. The maximum atomic E-state index is 12.2. The fraction of sp³-hybridized carbons (Fsp3) is 0.333. The number of amides is 1. The molecule has 27 heavy (non-hydrogen) atoms. The molecule has 0 aliphatic carbocycles. The number of nitrogens with one attached hydrogen (secondary N) is 2. The molecular weight excluding hydrogens is 342 g/mol. The van der Waals surface area contributed by atoms with Crippen LogP contribution in [0.2, 0.25) is 0 Å². The number of para-hydroxylation sites is 1. The molecule has 2 aromatic rings. The van der Waals surface area contributed by atoms with Gasteiger partial charge in [-0.3, -0.25) is 4.79 Å². The van der Waals surface area contributed by atoms with Gasteiger partial charge >= 0.3 is 5.97 Å². The summed E-state index contributed by atoms with van der Waals surface area (Å²) < 4.78 is 5.04. The van der Waals surface area contributed by atoms with E-state index in [4.69, 9.17) is 4.74 Å². The van der Waals surface area contributed by atoms with Crippen molar-refractivity contribution in [3.8, 4) is 0 Å². The van der Waals surface area contributed by atoms with E-state index in [9.17, 15) is 9.59 Å². The van der Waals surface area contributed by atoms with Gasteiger partial charge in [-0.15, -0.1) is 0 Å². The molecule has 0 aromatic heterocycles. The lowest BCUT2D eigenvalue weighted by atomic mass is 10.2. The Balaban J connectivity index is 1.94. The SMILES string of the molecule is CCOC(=O)c1ccccc1NCC(=O)Nc1ccc(N(CC)CC)cc1. The number of anilines is 3. The molecule has 2 N–H and O–H groups in total. The predicted molar refractivity (Wildman–Crippen MR) is 110 cm³/mol. The lowest BCUT2D eigenvalue weighted by molar-refractivity contribution is -0.114. The van der Waals surface area contributed by atoms with E-state index in [-0.39, 0.29) is 12.5 Å². The first-order chi connectivity index (χ1) is 13.1. The van der Waals surface area contributed by atoms with Crippen molar-refractivity contribution in [1.29, 1.82) is 0 Å². The number of benzene rings is 2. The standard InChI is InChI=1S/C21H27N3O3/c1-4-24(5-2)17-13-11-16(12-14-17)23-20(25)15-22-19-10-8-7-9-18(19)21(26)27-6-3/h7-14,22H,4-6,15H2,1-3H3,(H,23,25). The highest BCUT2D eigenvalue weighted by atomic mass is 16.5. The van der Waals surface area contributed by atoms with E-state index >= 15 is 0 Å². The summed E-state index contributed by atoms with van der Waals surface area (Å²) in [5.41, 5.74) is 2.84. The Hall–Kier alpha value is -3.02. The van der Waals surface area contributed by atoms with Crippen molar-refractivity contribution in [3.63, 3.8) is 0 Å². The molecular formula is C21H27N3O3. The summed E-state index contributed by atoms with van der Waals surface area (Å²) in [5.74, 6) is -0.600. The summed E-state index contributed by atoms with van der Waals surface area (Å²) in [6.07, 6.45) is 0. The van der Waals surface area contributed by atoms with E-state index in [1.165, 1.54) is 0 Å². The number of hydrogen-bond donors (Lipinski definition) is 2. The molecule has 1 amide bonds. The van der Waals surface area contributed by atoms with E-state index in [2.05, 4.69) is 29.4 Å². The van der Waals surface area contributed by atoms with Gasteiger partial charge in [0.2, 0.25) is 5.91 Å². The number of ether oxygens (including phenoxy) is 1. The van der Waals surface area contributed by atoms with Crippen LogP contribution in [0, 0.1) is 0 Å². The molecule has 2 rings (SSSR count). The van der Waals surface area contributed by atoms with E-state index < -0.39 is 5.97 Å². The molecule has 0 radical (unpaired) electrons. The minimum atomic E-state index is -0.409. The molecule has 0 fully saturated rings. The number of rotatable bonds is 9. The van der Waals surface area contributed by atoms with Crippen LogP contribution in [0.15, 0.2) is 48.5 Å². The van der Waals surface area contributed by atoms with Gasteiger partial charge in [0, 0.05) is 30.2 Å². The molecule has 0 saturated heterocycles. The summed E-state index contributed by atoms with van der Waals surface area (Å²) in [6.45, 7) is 8.20. The van der Waals surface area contributed by atoms with Crippen molar-refractivity contribution in [1.82, 2.24) is 0 Å². The molecule has 2 aromatic carbocycles. The van der Waals surface area contributed by atoms with Crippen molar-refractivity contribution < 1.29 is 14.3 Å². The highest BCUT2D eigenvalue weighted by molar-refractivity contribution is 5.98. The first-order valence-corrected chi connectivity index (χ1v) is 9.23. The molecule has 0 atom stereocenters. The van der Waals surface area contributed by atoms with E-state index in [1.54, 1.807) is 31.2 Å². The first-order valence-electron chi connectivity index (χ1n) is 9.23. The van der Waals surface area contributed by atoms with Crippen LogP contribution in [0.4, 0.5) is 17.1 Å². The summed E-state index contributed by atoms with van der Waals surface area (Å²) >= 11 is 0. The van der Waals surface area contributed by atoms with Gasteiger partial charge in [0.25, 0.3) is 0 Å². The van der Waals surface area contributed by atoms with E-state index in [0.717, 1.165) is 24.5 Å². The third-order valence-corrected chi connectivity index (χ3v) is 4.14. The van der Waals surface area contributed by atoms with Gasteiger partial charge in [-0.2, -0.15) is 0 Å². The molecule has 0 heterocycles. The van der Waals surface area contributed by atoms with E-state index in [1.807, 2.05) is 24.3 Å². The van der Waals surface area contributed by atoms with Gasteiger partial charge in [-0.1, -0.05) is 12.1 Å². The van der Waals surface area contributed by atoms with E-state index in [0.29, 0.717) is 17.9 Å². The fourth-order valence-corrected chi connectivity index (χ4v) is 2.75. The van der Waals surface area contributed by atoms with Crippen LogP contribution in [-0.2, 0) is 9.53 Å². The zero-order valence-corrected chi connectivity index (χ0v) is 16.1. The summed E-state index contributed by atoms with van der Waals surface area (Å²) in [7, 11) is 0. The van der Waals surface area contributed by atoms with Gasteiger partial charge in [0.05, 0.1) is 18.7 Å². The smallest absolute Gasteiger partial charge is 0.340 e. The van der Waals surface area contributed by atoms with Gasteiger partial charge in [0.1, 0.15) is 0 Å². The highest BCUT2D eigenvalue weighted by Gasteiger charge is 2.12. The topological polar surface area (TPSA) is 70.7 Å². The Kier molecular flexibility index (Phi) is 7.67. The first kappa shape index (κ1) is 20.3. The molecule has 0 spiro atoms. The average molecular weight is 369 g/mol. The molecule has 144 valence electrons. The summed E-state index contributed by atoms with van der Waals surface area (Å²) in [5, 5.41) is 5.85. The number of esters is 1. The van der Waals surface area contributed by atoms with Gasteiger partial charge in [0.15, 0.2) is 0 Å². The quantitative estimate of drug-likeness (QED) is 0.659. The molecule has 0 aliphatic heterocycles. The van der Waals surface area contributed by atoms with Crippen molar-refractivity contribution >= 4 is 28.9 Å². The Bertz CT molecular complexity index is 756. The largest absolute Gasteiger partial charge is 0.462 e. The molecule has 0 saturated carbocycles. The Morgan fingerprint density at radius 3 is 2.26 bits per heavy atom. The second kappa shape index (κ2) is 10.2. The Morgan fingerprint density at radius 2 is 1.63 bits per heavy atom. The van der Waals surface area contributed by atoms with Crippen LogP contribution in [0.5, 0.6) is 0 Å². The van der Waals surface area contributed by atoms with Gasteiger partial charge in [-0.05, 0) is 57.2 Å². The molecule has 0 bridgehead atoms. The maximum absolute atomic E-state index is 12.2. The molecule has 0 unspecified atom stereocenters. The summed E-state index contributed by atoms with van der Waals surface area (Å²) in [6, 6.07) is 14.7. The van der Waals surface area contributed by atoms with Crippen LogP contribution in [0.25, 0.3) is 0 Å². The minimum Gasteiger partial charge on any atom is -0.462 e. The molecule has 6 heteroatoms. The number of hydrogen-bond acceptors (Lipinski definition) is 5. The van der Waals surface area contributed by atoms with Crippen LogP contribution < -0.4 is 15.5 Å². The Labute approximate surface area is 160 Å².